The van der Waals surface area contributed by atoms with Gasteiger partial charge in [-0.05, 0) is 33.4 Å². The number of aryl methyl sites for hydroxylation is 1. The second kappa shape index (κ2) is 6.98. The minimum Gasteiger partial charge on any atom is -0.493 e. The van der Waals surface area contributed by atoms with Gasteiger partial charge in [-0.25, -0.2) is 0 Å². The zero-order valence-electron chi connectivity index (χ0n) is 10.9. The molecule has 1 rings (SSSR count). The molecule has 0 aliphatic carbocycles. The van der Waals surface area contributed by atoms with Gasteiger partial charge in [0.1, 0.15) is 5.75 Å². The van der Waals surface area contributed by atoms with Crippen molar-refractivity contribution in [2.45, 2.75) is 32.7 Å². The Morgan fingerprint density at radius 1 is 1.47 bits per heavy atom. The van der Waals surface area contributed by atoms with Gasteiger partial charge in [0.05, 0.1) is 6.61 Å². The highest BCUT2D eigenvalue weighted by Gasteiger charge is 2.10. The van der Waals surface area contributed by atoms with Crippen LogP contribution in [0.2, 0.25) is 0 Å². The van der Waals surface area contributed by atoms with E-state index in [-0.39, 0.29) is 6.04 Å². The van der Waals surface area contributed by atoms with E-state index in [1.165, 1.54) is 11.1 Å². The average Bonchev–Trinajstić information content (AvgIpc) is 2.35. The predicted octanol–water partition coefficient (Wildman–Crippen LogP) is 3.07. The molecule has 0 bridgehead atoms. The van der Waals surface area contributed by atoms with Crippen LogP contribution in [0.1, 0.15) is 36.9 Å². The van der Waals surface area contributed by atoms with E-state index in [4.69, 9.17) is 11.2 Å². The van der Waals surface area contributed by atoms with Gasteiger partial charge in [0.25, 0.3) is 0 Å². The van der Waals surface area contributed by atoms with Gasteiger partial charge in [-0.15, -0.1) is 12.3 Å². The lowest BCUT2D eigenvalue weighted by Crippen LogP contribution is -2.14. The van der Waals surface area contributed by atoms with Crippen LogP contribution in [-0.4, -0.2) is 13.7 Å². The van der Waals surface area contributed by atoms with Crippen molar-refractivity contribution in [2.24, 2.45) is 0 Å². The molecule has 0 saturated heterocycles. The van der Waals surface area contributed by atoms with Crippen molar-refractivity contribution in [2.75, 3.05) is 13.7 Å². The topological polar surface area (TPSA) is 21.3 Å². The van der Waals surface area contributed by atoms with Crippen molar-refractivity contribution >= 4 is 0 Å². The summed E-state index contributed by atoms with van der Waals surface area (Å²) in [6.45, 7) is 4.90. The molecule has 0 aliphatic heterocycles. The van der Waals surface area contributed by atoms with E-state index < -0.39 is 0 Å². The van der Waals surface area contributed by atoms with Crippen LogP contribution < -0.4 is 10.1 Å². The van der Waals surface area contributed by atoms with Crippen LogP contribution in [0.25, 0.3) is 0 Å². The summed E-state index contributed by atoms with van der Waals surface area (Å²) in [6, 6.07) is 6.56. The number of nitrogens with one attached hydrogen (secondary N) is 1. The molecule has 0 heterocycles. The van der Waals surface area contributed by atoms with Gasteiger partial charge < -0.3 is 10.1 Å². The predicted molar refractivity (Wildman–Crippen MR) is 72.2 cm³/mol. The molecule has 17 heavy (non-hydrogen) atoms. The first-order valence-corrected chi connectivity index (χ1v) is 6.03. The highest BCUT2D eigenvalue weighted by atomic mass is 16.5. The van der Waals surface area contributed by atoms with Gasteiger partial charge in [0.15, 0.2) is 0 Å². The highest BCUT2D eigenvalue weighted by molar-refractivity contribution is 5.38. The molecule has 1 N–H and O–H groups in total. The molecule has 0 fully saturated rings. The Hall–Kier alpha value is -1.46. The first-order chi connectivity index (χ1) is 8.19. The van der Waals surface area contributed by atoms with E-state index in [1.807, 2.05) is 13.1 Å². The number of terminal acetylenes is 1. The average molecular weight is 231 g/mol. The fraction of sp³-hybridized carbons (Fsp3) is 0.467. The van der Waals surface area contributed by atoms with E-state index in [1.54, 1.807) is 0 Å². The molecular weight excluding hydrogens is 210 g/mol. The third-order valence-corrected chi connectivity index (χ3v) is 2.79. The standard InChI is InChI=1S/C15H21NO/c1-5-6-7-10-17-15-9-8-12(2)11-14(15)13(3)16-4/h1,8-9,11,13,16H,6-7,10H2,2-4H3. The highest BCUT2D eigenvalue weighted by Crippen LogP contribution is 2.26. The molecule has 1 aromatic rings. The number of hydrogen-bond donors (Lipinski definition) is 1. The van der Waals surface area contributed by atoms with Crippen LogP contribution in [0.4, 0.5) is 0 Å². The van der Waals surface area contributed by atoms with Crippen molar-refractivity contribution in [3.05, 3.63) is 29.3 Å². The smallest absolute Gasteiger partial charge is 0.124 e. The molecule has 0 saturated carbocycles. The quantitative estimate of drug-likeness (QED) is 0.600. The second-order valence-corrected chi connectivity index (χ2v) is 4.21. The maximum Gasteiger partial charge on any atom is 0.124 e. The summed E-state index contributed by atoms with van der Waals surface area (Å²) < 4.78 is 5.78. The molecule has 0 radical (unpaired) electrons. The molecule has 1 unspecified atom stereocenters. The van der Waals surface area contributed by atoms with Gasteiger partial charge in [0, 0.05) is 18.0 Å². The van der Waals surface area contributed by atoms with Gasteiger partial charge >= 0.3 is 0 Å². The summed E-state index contributed by atoms with van der Waals surface area (Å²) >= 11 is 0. The molecule has 2 nitrogen and oxygen atoms in total. The molecule has 0 amide bonds. The van der Waals surface area contributed by atoms with E-state index in [9.17, 15) is 0 Å². The number of unbranched alkanes of at least 4 members (excludes halogenated alkanes) is 1. The third-order valence-electron chi connectivity index (χ3n) is 2.79. The number of rotatable bonds is 6. The first kappa shape index (κ1) is 13.6. The fourth-order valence-corrected chi connectivity index (χ4v) is 1.65. The number of benzene rings is 1. The molecule has 0 aliphatic rings. The van der Waals surface area contributed by atoms with Crippen LogP contribution in [0, 0.1) is 19.3 Å². The van der Waals surface area contributed by atoms with Crippen molar-refractivity contribution < 1.29 is 4.74 Å². The lowest BCUT2D eigenvalue weighted by Gasteiger charge is -2.17. The lowest BCUT2D eigenvalue weighted by molar-refractivity contribution is 0.307. The Balaban J connectivity index is 2.73. The fourth-order valence-electron chi connectivity index (χ4n) is 1.65. The zero-order valence-corrected chi connectivity index (χ0v) is 10.9. The third kappa shape index (κ3) is 4.13. The summed E-state index contributed by atoms with van der Waals surface area (Å²) in [7, 11) is 1.95. The summed E-state index contributed by atoms with van der Waals surface area (Å²) in [6.07, 6.45) is 6.88. The summed E-state index contributed by atoms with van der Waals surface area (Å²) in [5.41, 5.74) is 2.45. The molecule has 0 spiro atoms. The maximum absolute atomic E-state index is 5.78. The van der Waals surface area contributed by atoms with Gasteiger partial charge in [-0.3, -0.25) is 0 Å². The minimum absolute atomic E-state index is 0.289. The van der Waals surface area contributed by atoms with E-state index in [2.05, 4.69) is 37.2 Å². The minimum atomic E-state index is 0.289. The monoisotopic (exact) mass is 231 g/mol. The van der Waals surface area contributed by atoms with E-state index >= 15 is 0 Å². The molecule has 1 atom stereocenters. The molecule has 2 heteroatoms. The Morgan fingerprint density at radius 3 is 2.88 bits per heavy atom. The van der Waals surface area contributed by atoms with E-state index in [0.29, 0.717) is 6.61 Å². The Bertz CT molecular complexity index is 392. The lowest BCUT2D eigenvalue weighted by atomic mass is 10.0. The molecule has 0 aromatic heterocycles. The van der Waals surface area contributed by atoms with Crippen molar-refractivity contribution in [1.29, 1.82) is 0 Å². The Labute approximate surface area is 104 Å². The van der Waals surface area contributed by atoms with Gasteiger partial charge in [-0.2, -0.15) is 0 Å². The maximum atomic E-state index is 5.78. The largest absolute Gasteiger partial charge is 0.493 e. The normalized spacial score (nSPS) is 11.9. The first-order valence-electron chi connectivity index (χ1n) is 6.03. The zero-order chi connectivity index (χ0) is 12.7. The molecular formula is C15H21NO. The Morgan fingerprint density at radius 2 is 2.24 bits per heavy atom. The van der Waals surface area contributed by atoms with Crippen LogP contribution >= 0.6 is 0 Å². The van der Waals surface area contributed by atoms with Crippen LogP contribution in [0.5, 0.6) is 5.75 Å². The number of ether oxygens (including phenoxy) is 1. The number of hydrogen-bond acceptors (Lipinski definition) is 2. The van der Waals surface area contributed by atoms with Crippen molar-refractivity contribution in [1.82, 2.24) is 5.32 Å². The second-order valence-electron chi connectivity index (χ2n) is 4.21. The van der Waals surface area contributed by atoms with Crippen LogP contribution in [0.15, 0.2) is 18.2 Å². The Kier molecular flexibility index (Phi) is 5.59. The molecule has 1 aromatic carbocycles. The van der Waals surface area contributed by atoms with Crippen molar-refractivity contribution in [3.8, 4) is 18.1 Å². The van der Waals surface area contributed by atoms with Gasteiger partial charge in [-0.1, -0.05) is 17.7 Å². The van der Waals surface area contributed by atoms with Crippen LogP contribution in [-0.2, 0) is 0 Å². The summed E-state index contributed by atoms with van der Waals surface area (Å²) in [5.74, 6) is 3.57. The van der Waals surface area contributed by atoms with Gasteiger partial charge in [0.2, 0.25) is 0 Å². The van der Waals surface area contributed by atoms with E-state index in [0.717, 1.165) is 18.6 Å². The SMILES string of the molecule is C#CCCCOc1ccc(C)cc1C(C)NC. The summed E-state index contributed by atoms with van der Waals surface area (Å²) in [5, 5.41) is 3.24. The van der Waals surface area contributed by atoms with Crippen LogP contribution in [0.3, 0.4) is 0 Å². The summed E-state index contributed by atoms with van der Waals surface area (Å²) in [4.78, 5) is 0. The van der Waals surface area contributed by atoms with Crippen molar-refractivity contribution in [3.63, 3.8) is 0 Å². The molecule has 92 valence electrons.